The van der Waals surface area contributed by atoms with Crippen LogP contribution in [0.25, 0.3) is 0 Å². The van der Waals surface area contributed by atoms with E-state index >= 15 is 0 Å². The third kappa shape index (κ3) is 2.48. The van der Waals surface area contributed by atoms with Crippen molar-refractivity contribution in [3.8, 4) is 0 Å². The van der Waals surface area contributed by atoms with Crippen molar-refractivity contribution in [2.45, 2.75) is 25.3 Å². The van der Waals surface area contributed by atoms with Crippen molar-refractivity contribution in [2.24, 2.45) is 5.92 Å². The summed E-state index contributed by atoms with van der Waals surface area (Å²) < 4.78 is 5.73. The molecule has 108 valence electrons. The lowest BCUT2D eigenvalue weighted by molar-refractivity contribution is -0.238. The number of ether oxygens (including phenoxy) is 1. The van der Waals surface area contributed by atoms with Crippen LogP contribution in [-0.4, -0.2) is 18.0 Å². The van der Waals surface area contributed by atoms with E-state index in [1.165, 1.54) is 11.1 Å². The van der Waals surface area contributed by atoms with Crippen LogP contribution in [0.15, 0.2) is 60.7 Å². The first kappa shape index (κ1) is 13.0. The van der Waals surface area contributed by atoms with Crippen LogP contribution in [0.2, 0.25) is 0 Å². The van der Waals surface area contributed by atoms with Gasteiger partial charge in [0, 0.05) is 12.5 Å². The molecule has 2 aromatic rings. The van der Waals surface area contributed by atoms with Crippen molar-refractivity contribution in [1.82, 2.24) is 5.06 Å². The third-order valence-electron chi connectivity index (χ3n) is 4.36. The monoisotopic (exact) mass is 281 g/mol. The minimum Gasteiger partial charge on any atom is -0.350 e. The molecular weight excluding hydrogens is 262 g/mol. The lowest BCUT2D eigenvalue weighted by atomic mass is 9.92. The number of nitrogens with zero attached hydrogens (tertiary/aromatic N) is 1. The molecule has 2 aliphatic heterocycles. The Kier molecular flexibility index (Phi) is 3.47. The normalized spacial score (nSPS) is 28.7. The molecule has 3 atom stereocenters. The summed E-state index contributed by atoms with van der Waals surface area (Å²) in [5.41, 5.74) is 2.57. The molecule has 0 unspecified atom stereocenters. The second-order valence-corrected chi connectivity index (χ2v) is 5.71. The van der Waals surface area contributed by atoms with Crippen LogP contribution < -0.4 is 0 Å². The highest BCUT2D eigenvalue weighted by atomic mass is 16.8. The Morgan fingerprint density at radius 3 is 2.43 bits per heavy atom. The van der Waals surface area contributed by atoms with Gasteiger partial charge < -0.3 is 4.74 Å². The summed E-state index contributed by atoms with van der Waals surface area (Å²) in [6, 6.07) is 21.4. The maximum Gasteiger partial charge on any atom is 0.182 e. The van der Waals surface area contributed by atoms with E-state index in [0.717, 1.165) is 19.6 Å². The molecule has 4 rings (SSSR count). The molecule has 21 heavy (non-hydrogen) atoms. The highest BCUT2D eigenvalue weighted by molar-refractivity contribution is 5.22. The molecule has 2 aliphatic rings. The first-order valence-corrected chi connectivity index (χ1v) is 7.56. The van der Waals surface area contributed by atoms with Crippen molar-refractivity contribution >= 4 is 0 Å². The van der Waals surface area contributed by atoms with E-state index in [2.05, 4.69) is 59.7 Å². The maximum atomic E-state index is 6.07. The number of hydroxylamine groups is 2. The highest BCUT2D eigenvalue weighted by Gasteiger charge is 2.47. The predicted molar refractivity (Wildman–Crippen MR) is 80.1 cm³/mol. The van der Waals surface area contributed by atoms with Gasteiger partial charge in [-0.25, -0.2) is 0 Å². The van der Waals surface area contributed by atoms with E-state index in [9.17, 15) is 0 Å². The zero-order valence-corrected chi connectivity index (χ0v) is 11.9. The van der Waals surface area contributed by atoms with Crippen molar-refractivity contribution in [3.05, 3.63) is 71.8 Å². The summed E-state index contributed by atoms with van der Waals surface area (Å²) >= 11 is 0. The Labute approximate surface area is 125 Å². The Morgan fingerprint density at radius 2 is 1.67 bits per heavy atom. The molecule has 3 nitrogen and oxygen atoms in total. The molecule has 0 radical (unpaired) electrons. The Bertz CT molecular complexity index is 587. The van der Waals surface area contributed by atoms with Crippen LogP contribution in [0.3, 0.4) is 0 Å². The minimum absolute atomic E-state index is 0.0843. The Hall–Kier alpha value is -1.68. The summed E-state index contributed by atoms with van der Waals surface area (Å²) in [5.74, 6) is 0.427. The number of rotatable bonds is 3. The van der Waals surface area contributed by atoms with Gasteiger partial charge in [-0.3, -0.25) is 4.84 Å². The lowest BCUT2D eigenvalue weighted by Gasteiger charge is -2.25. The molecule has 0 bridgehead atoms. The van der Waals surface area contributed by atoms with Crippen LogP contribution in [0.4, 0.5) is 0 Å². The average molecular weight is 281 g/mol. The van der Waals surface area contributed by atoms with Crippen LogP contribution in [0.1, 0.15) is 23.6 Å². The largest absolute Gasteiger partial charge is 0.350 e. The maximum absolute atomic E-state index is 6.07. The van der Waals surface area contributed by atoms with Gasteiger partial charge in [0.1, 0.15) is 0 Å². The van der Waals surface area contributed by atoms with Crippen LogP contribution >= 0.6 is 0 Å². The van der Waals surface area contributed by atoms with Gasteiger partial charge in [-0.15, -0.1) is 0 Å². The fourth-order valence-corrected chi connectivity index (χ4v) is 3.37. The van der Waals surface area contributed by atoms with Crippen molar-refractivity contribution in [1.29, 1.82) is 0 Å². The summed E-state index contributed by atoms with van der Waals surface area (Å²) in [5, 5.41) is 2.10. The van der Waals surface area contributed by atoms with Crippen LogP contribution in [0, 0.1) is 5.92 Å². The smallest absolute Gasteiger partial charge is 0.182 e. The fraction of sp³-hybridized carbons (Fsp3) is 0.333. The third-order valence-corrected chi connectivity index (χ3v) is 4.36. The van der Waals surface area contributed by atoms with E-state index in [1.807, 2.05) is 6.07 Å². The van der Waals surface area contributed by atoms with Gasteiger partial charge >= 0.3 is 0 Å². The van der Waals surface area contributed by atoms with E-state index in [1.54, 1.807) is 0 Å². The summed E-state index contributed by atoms with van der Waals surface area (Å²) in [4.78, 5) is 6.07. The molecule has 0 spiro atoms. The van der Waals surface area contributed by atoms with Crippen LogP contribution in [0.5, 0.6) is 0 Å². The lowest BCUT2D eigenvalue weighted by Crippen LogP contribution is -2.24. The summed E-state index contributed by atoms with van der Waals surface area (Å²) in [6.07, 6.45) is 0.981. The van der Waals surface area contributed by atoms with Gasteiger partial charge in [0.2, 0.25) is 0 Å². The van der Waals surface area contributed by atoms with E-state index in [-0.39, 0.29) is 12.3 Å². The van der Waals surface area contributed by atoms with E-state index in [4.69, 9.17) is 9.57 Å². The minimum atomic E-state index is -0.0843. The highest BCUT2D eigenvalue weighted by Crippen LogP contribution is 2.45. The molecule has 0 aliphatic carbocycles. The second kappa shape index (κ2) is 5.60. The van der Waals surface area contributed by atoms with Gasteiger partial charge in [-0.05, 0) is 17.5 Å². The molecular formula is C18H19NO2. The molecule has 0 aromatic heterocycles. The van der Waals surface area contributed by atoms with E-state index < -0.39 is 0 Å². The number of hydrogen-bond donors (Lipinski definition) is 0. The molecule has 3 heteroatoms. The van der Waals surface area contributed by atoms with Gasteiger partial charge in [0.25, 0.3) is 0 Å². The summed E-state index contributed by atoms with van der Waals surface area (Å²) in [6.45, 7) is 1.59. The van der Waals surface area contributed by atoms with Crippen molar-refractivity contribution in [3.63, 3.8) is 0 Å². The topological polar surface area (TPSA) is 21.7 Å². The van der Waals surface area contributed by atoms with Crippen molar-refractivity contribution in [2.75, 3.05) is 6.61 Å². The van der Waals surface area contributed by atoms with Gasteiger partial charge in [-0.1, -0.05) is 60.7 Å². The quantitative estimate of drug-likeness (QED) is 0.859. The number of hydrogen-bond acceptors (Lipinski definition) is 3. The van der Waals surface area contributed by atoms with Gasteiger partial charge in [0.05, 0.1) is 12.6 Å². The standard InChI is InChI=1S/C18H19NO2/c1-3-7-14(8-4-1)13-19-17(15-9-5-2-6-10-15)16-11-12-20-18(16)21-19/h1-10,16-18H,11-13H2/t16-,17+,18+/m0/s1. The molecule has 2 aromatic carbocycles. The first-order chi connectivity index (χ1) is 10.4. The first-order valence-electron chi connectivity index (χ1n) is 7.56. The second-order valence-electron chi connectivity index (χ2n) is 5.71. The SMILES string of the molecule is c1ccc(CN2O[C@H]3OCC[C@H]3[C@H]2c2ccccc2)cc1. The van der Waals surface area contributed by atoms with E-state index in [0.29, 0.717) is 5.92 Å². The molecule has 2 heterocycles. The molecule has 0 amide bonds. The molecule has 2 fully saturated rings. The van der Waals surface area contributed by atoms with Crippen molar-refractivity contribution < 1.29 is 9.57 Å². The summed E-state index contributed by atoms with van der Waals surface area (Å²) in [7, 11) is 0. The average Bonchev–Trinajstić information content (AvgIpc) is 3.09. The van der Waals surface area contributed by atoms with Gasteiger partial charge in [0.15, 0.2) is 6.29 Å². The number of benzene rings is 2. The zero-order valence-electron chi connectivity index (χ0n) is 11.9. The van der Waals surface area contributed by atoms with Gasteiger partial charge in [-0.2, -0.15) is 5.06 Å². The molecule has 2 saturated heterocycles. The molecule has 0 N–H and O–H groups in total. The molecule has 0 saturated carbocycles. The number of fused-ring (bicyclic) bond motifs is 1. The Balaban J connectivity index is 1.62. The predicted octanol–water partition coefficient (Wildman–Crippen LogP) is 3.54. The van der Waals surface area contributed by atoms with Crippen LogP contribution in [-0.2, 0) is 16.1 Å². The Morgan fingerprint density at radius 1 is 0.952 bits per heavy atom. The fourth-order valence-electron chi connectivity index (χ4n) is 3.37. The zero-order chi connectivity index (χ0) is 14.1.